The van der Waals surface area contributed by atoms with Crippen LogP contribution < -0.4 is 271 Å². The molecule has 4 aromatic carbocycles. The van der Waals surface area contributed by atoms with E-state index >= 15 is 0 Å². The quantitative estimate of drug-likeness (QED) is 0.0338. The number of carbonyl (C=O) groups is 5. The molecule has 3 N–H and O–H groups in total. The fraction of sp³-hybridized carbons (Fsp3) is 0.159. The maximum atomic E-state index is 12.8. The van der Waals surface area contributed by atoms with Crippen molar-refractivity contribution in [2.24, 2.45) is 0 Å². The van der Waals surface area contributed by atoms with Crippen LogP contribution in [0.3, 0.4) is 0 Å². The van der Waals surface area contributed by atoms with Gasteiger partial charge >= 0.3 is 212 Å². The van der Waals surface area contributed by atoms with Gasteiger partial charge in [0.1, 0.15) is 62.3 Å². The summed E-state index contributed by atoms with van der Waals surface area (Å²) in [6.45, 7) is 0.813. The summed E-state index contributed by atoms with van der Waals surface area (Å²) in [5.41, 5.74) is 2.86. The number of hydrogen-bond donors (Lipinski definition) is 3. The van der Waals surface area contributed by atoms with Gasteiger partial charge in [0.05, 0.1) is 23.4 Å². The number of thiocarbonyl (C=S) groups is 1. The molecule has 19 nitrogen and oxygen atoms in total. The SMILES string of the molecule is Cc1ccc(N(C(=O)[O-])C(=O)[O-])c(OCCOc2cc(NC(=S)Nc3ccc(-c4c5ccc(=[N+](C)C)cc-5oc5cc(N(C)C)ccc45)c(C(=O)[O-])c3)ccc2N(C(=O)[O-])C(=O)O)c1.[K+].[K+].[K+].[K+]. The van der Waals surface area contributed by atoms with E-state index in [0.29, 0.717) is 39.0 Å². The van der Waals surface area contributed by atoms with E-state index in [0.717, 1.165) is 23.2 Å². The maximum Gasteiger partial charge on any atom is 1.00 e. The molecule has 6 rings (SSSR count). The summed E-state index contributed by atoms with van der Waals surface area (Å²) in [4.78, 5) is 61.3. The average Bonchev–Trinajstić information content (AvgIpc) is 3.22. The molecule has 330 valence electrons. The molecule has 0 atom stereocenters. The Hall–Kier alpha value is -1.84. The van der Waals surface area contributed by atoms with Crippen LogP contribution in [-0.2, 0) is 0 Å². The predicted molar refractivity (Wildman–Crippen MR) is 232 cm³/mol. The first-order valence-electron chi connectivity index (χ1n) is 18.9. The number of imide groups is 2. The van der Waals surface area contributed by atoms with E-state index in [2.05, 4.69) is 10.6 Å². The molecular weight excluding hydrogens is 1010 g/mol. The molecule has 0 fully saturated rings. The van der Waals surface area contributed by atoms with Crippen molar-refractivity contribution in [1.29, 1.82) is 0 Å². The van der Waals surface area contributed by atoms with Crippen LogP contribution in [-0.4, -0.2) is 82.0 Å². The third-order valence-electron chi connectivity index (χ3n) is 9.64. The first kappa shape index (κ1) is 62.3. The summed E-state index contributed by atoms with van der Waals surface area (Å²) in [5, 5.41) is 64.6. The Bertz CT molecular complexity index is 2900. The normalized spacial score (nSPS) is 10.1. The fourth-order valence-corrected chi connectivity index (χ4v) is 6.92. The van der Waals surface area contributed by atoms with Gasteiger partial charge in [0.2, 0.25) is 5.36 Å². The minimum atomic E-state index is -2.10. The Morgan fingerprint density at radius 2 is 1.24 bits per heavy atom. The van der Waals surface area contributed by atoms with Crippen LogP contribution in [0.4, 0.5) is 47.6 Å². The smallest absolute Gasteiger partial charge is 0.545 e. The van der Waals surface area contributed by atoms with E-state index in [-0.39, 0.29) is 249 Å². The Labute approximate surface area is 564 Å². The standard InChI is InChI=1S/C44H40N6O13S.4K/c1-23-6-14-32(49(41(53)54)42(55)56)36(18-23)61-16-17-62-37-20-25(8-15-33(37)50(43(57)58)44(59)60)46-40(64)45-24-7-11-28(31(19-24)39(51)52)38-29-12-9-26(47(2)3)21-34(29)63-35-22-27(48(4)5)10-13-30(35)38;;;;/h6-15,18-22H,16-17H2,1-5H3,(H6,46,51,52,53,54,55,56,57,58,59,60,64);;;;/q;4*+1/p-3. The van der Waals surface area contributed by atoms with E-state index in [9.17, 15) is 49.5 Å². The van der Waals surface area contributed by atoms with Gasteiger partial charge in [-0.1, -0.05) is 12.1 Å². The zero-order chi connectivity index (χ0) is 46.6. The predicted octanol–water partition coefficient (Wildman–Crippen LogP) is -9.42. The van der Waals surface area contributed by atoms with Gasteiger partial charge in [-0.2, -0.15) is 0 Å². The molecule has 68 heavy (non-hydrogen) atoms. The summed E-state index contributed by atoms with van der Waals surface area (Å²) in [6.07, 6.45) is -8.20. The number of fused-ring (bicyclic) bond motifs is 2. The summed E-state index contributed by atoms with van der Waals surface area (Å²) < 4.78 is 19.6. The zero-order valence-electron chi connectivity index (χ0n) is 38.6. The average molecular weight is 1050 g/mol. The number of carboxylic acids is 1. The van der Waals surface area contributed by atoms with Crippen molar-refractivity contribution in [3.05, 3.63) is 107 Å². The molecule has 1 heterocycles. The van der Waals surface area contributed by atoms with Gasteiger partial charge in [0.25, 0.3) is 0 Å². The summed E-state index contributed by atoms with van der Waals surface area (Å²) in [6, 6.07) is 23.3. The van der Waals surface area contributed by atoms with Gasteiger partial charge in [-0.05, 0) is 84.9 Å². The second-order valence-corrected chi connectivity index (χ2v) is 14.8. The molecule has 24 heteroatoms. The number of nitrogens with zero attached hydrogens (tertiary/aromatic N) is 4. The number of carbonyl (C=O) groups excluding carboxylic acids is 4. The van der Waals surface area contributed by atoms with Crippen molar-refractivity contribution in [3.8, 4) is 33.9 Å². The zero-order valence-corrected chi connectivity index (χ0v) is 51.9. The topological polar surface area (TPSA) is 266 Å². The molecule has 2 aliphatic rings. The Morgan fingerprint density at radius 3 is 1.79 bits per heavy atom. The number of amides is 4. The summed E-state index contributed by atoms with van der Waals surface area (Å²) in [5.74, 6) is -1.49. The number of ether oxygens (including phenoxy) is 2. The van der Waals surface area contributed by atoms with Crippen LogP contribution in [0, 0.1) is 6.92 Å². The monoisotopic (exact) mass is 1050 g/mol. The molecular formula is C44H37K4N6O13S+. The molecule has 4 amide bonds. The number of benzene rings is 5. The summed E-state index contributed by atoms with van der Waals surface area (Å²) >= 11 is 5.53. The van der Waals surface area contributed by atoms with Crippen molar-refractivity contribution < 1.29 is 269 Å². The minimum Gasteiger partial charge on any atom is -0.545 e. The van der Waals surface area contributed by atoms with Crippen molar-refractivity contribution >= 4 is 87.1 Å². The molecule has 4 aromatic rings. The number of carboxylic acid groups (broad SMARTS) is 5. The van der Waals surface area contributed by atoms with Crippen LogP contribution >= 0.6 is 12.2 Å². The molecule has 0 saturated heterocycles. The molecule has 0 unspecified atom stereocenters. The van der Waals surface area contributed by atoms with Gasteiger partial charge in [0.15, 0.2) is 11.2 Å². The second kappa shape index (κ2) is 27.8. The largest absolute Gasteiger partial charge is 1.00 e. The summed E-state index contributed by atoms with van der Waals surface area (Å²) in [7, 11) is 7.57. The van der Waals surface area contributed by atoms with Crippen LogP contribution in [0.5, 0.6) is 11.5 Å². The Balaban J connectivity index is 0.00000397. The number of aromatic carboxylic acids is 1. The van der Waals surface area contributed by atoms with Crippen LogP contribution in [0.15, 0.2) is 95.4 Å². The van der Waals surface area contributed by atoms with E-state index in [4.69, 9.17) is 26.1 Å². The maximum absolute atomic E-state index is 12.8. The van der Waals surface area contributed by atoms with Crippen molar-refractivity contribution in [2.45, 2.75) is 6.92 Å². The first-order valence-corrected chi connectivity index (χ1v) is 19.3. The van der Waals surface area contributed by atoms with Crippen LogP contribution in [0.25, 0.3) is 33.4 Å². The van der Waals surface area contributed by atoms with Gasteiger partial charge < -0.3 is 74.1 Å². The number of aryl methyl sites for hydroxylation is 1. The van der Waals surface area contributed by atoms with Gasteiger partial charge in [-0.25, -0.2) is 14.3 Å². The Kier molecular flexibility index (Phi) is 25.5. The van der Waals surface area contributed by atoms with E-state index < -0.39 is 54.9 Å². The number of anilines is 5. The number of rotatable bonds is 12. The molecule has 0 aromatic heterocycles. The molecule has 0 spiro atoms. The molecule has 1 aliphatic heterocycles. The van der Waals surface area contributed by atoms with Gasteiger partial charge in [-0.15, -0.1) is 0 Å². The minimum absolute atomic E-state index is 0. The third kappa shape index (κ3) is 15.1. The van der Waals surface area contributed by atoms with Crippen LogP contribution in [0.1, 0.15) is 15.9 Å². The third-order valence-corrected chi connectivity index (χ3v) is 9.84. The molecule has 0 saturated carbocycles. The van der Waals surface area contributed by atoms with Gasteiger partial charge in [0, 0.05) is 71.4 Å². The number of hydrogen-bond acceptors (Lipinski definition) is 14. The van der Waals surface area contributed by atoms with Gasteiger partial charge in [-0.3, -0.25) is 4.90 Å². The van der Waals surface area contributed by atoms with E-state index in [1.165, 1.54) is 30.3 Å². The molecule has 0 bridgehead atoms. The number of nitrogens with one attached hydrogen (secondary N) is 2. The molecule has 0 radical (unpaired) electrons. The first-order chi connectivity index (χ1) is 30.3. The Morgan fingerprint density at radius 1 is 0.691 bits per heavy atom. The van der Waals surface area contributed by atoms with E-state index in [1.807, 2.05) is 74.1 Å². The van der Waals surface area contributed by atoms with Crippen molar-refractivity contribution in [3.63, 3.8) is 0 Å². The van der Waals surface area contributed by atoms with Crippen molar-refractivity contribution in [2.75, 3.05) is 66.7 Å². The fourth-order valence-electron chi connectivity index (χ4n) is 6.68. The van der Waals surface area contributed by atoms with Crippen molar-refractivity contribution in [1.82, 2.24) is 4.58 Å². The van der Waals surface area contributed by atoms with Crippen LogP contribution in [0.2, 0.25) is 0 Å². The van der Waals surface area contributed by atoms with E-state index in [1.54, 1.807) is 19.1 Å². The second-order valence-electron chi connectivity index (χ2n) is 14.4. The molecule has 1 aliphatic carbocycles.